The van der Waals surface area contributed by atoms with Crippen molar-refractivity contribution >= 4 is 11.6 Å². The summed E-state index contributed by atoms with van der Waals surface area (Å²) in [4.78, 5) is 2.11. The first kappa shape index (κ1) is 12.9. The molecule has 4 heteroatoms. The lowest BCUT2D eigenvalue weighted by atomic mass is 9.97. The summed E-state index contributed by atoms with van der Waals surface area (Å²) in [6.07, 6.45) is 6.03. The second-order valence-corrected chi connectivity index (χ2v) is 4.97. The van der Waals surface area contributed by atoms with Gasteiger partial charge in [-0.15, -0.1) is 11.6 Å². The maximum Gasteiger partial charge on any atom is 0.123 e. The predicted octanol–water partition coefficient (Wildman–Crippen LogP) is 3.24. The molecule has 1 spiro atoms. The molecule has 2 aliphatic heterocycles. The molecule has 0 radical (unpaired) electrons. The molecule has 2 fully saturated rings. The molecule has 0 aliphatic carbocycles. The Morgan fingerprint density at radius 3 is 2.59 bits per heavy atom. The van der Waals surface area contributed by atoms with E-state index in [0.29, 0.717) is 18.0 Å². The lowest BCUT2D eigenvalue weighted by Crippen LogP contribution is -2.37. The summed E-state index contributed by atoms with van der Waals surface area (Å²) in [5.74, 6) is 0.362. The van der Waals surface area contributed by atoms with E-state index in [-0.39, 0.29) is 11.4 Å². The highest BCUT2D eigenvalue weighted by atomic mass is 35.5. The van der Waals surface area contributed by atoms with E-state index < -0.39 is 0 Å². The van der Waals surface area contributed by atoms with Crippen LogP contribution in [0.5, 0.6) is 0 Å². The maximum absolute atomic E-state index is 13.8. The van der Waals surface area contributed by atoms with Crippen molar-refractivity contribution in [2.24, 2.45) is 0 Å². The number of rotatable bonds is 4. The van der Waals surface area contributed by atoms with Crippen molar-refractivity contribution < 1.29 is 9.13 Å². The number of allylic oxidation sites excluding steroid dienone is 3. The van der Waals surface area contributed by atoms with Crippen molar-refractivity contribution in [1.29, 1.82) is 0 Å². The highest BCUT2D eigenvalue weighted by Gasteiger charge is 2.46. The predicted molar refractivity (Wildman–Crippen MR) is 67.8 cm³/mol. The molecule has 0 saturated carbocycles. The first-order valence-electron chi connectivity index (χ1n) is 6.21. The number of piperidine rings is 1. The smallest absolute Gasteiger partial charge is 0.123 e. The number of nitrogens with zero attached hydrogens (tertiary/aromatic N) is 1. The van der Waals surface area contributed by atoms with E-state index in [1.54, 1.807) is 12.2 Å². The maximum atomic E-state index is 13.8. The minimum absolute atomic E-state index is 0.0565. The summed E-state index contributed by atoms with van der Waals surface area (Å²) in [5, 5.41) is 0. The number of halogens is 2. The van der Waals surface area contributed by atoms with Gasteiger partial charge in [0, 0.05) is 19.0 Å². The van der Waals surface area contributed by atoms with Crippen LogP contribution in [0.2, 0.25) is 0 Å². The molecule has 0 amide bonds. The van der Waals surface area contributed by atoms with Crippen molar-refractivity contribution in [3.8, 4) is 0 Å². The Morgan fingerprint density at radius 1 is 1.47 bits per heavy atom. The van der Waals surface area contributed by atoms with Crippen LogP contribution in [0, 0.1) is 0 Å². The van der Waals surface area contributed by atoms with Crippen molar-refractivity contribution in [3.05, 3.63) is 23.7 Å². The number of epoxide rings is 1. The number of hydrogen-bond donors (Lipinski definition) is 0. The lowest BCUT2D eigenvalue weighted by Gasteiger charge is -2.33. The molecule has 2 saturated heterocycles. The summed E-state index contributed by atoms with van der Waals surface area (Å²) < 4.78 is 19.3. The van der Waals surface area contributed by atoms with Crippen LogP contribution >= 0.6 is 11.6 Å². The average molecular weight is 260 g/mol. The fourth-order valence-electron chi connectivity index (χ4n) is 2.25. The van der Waals surface area contributed by atoms with Crippen LogP contribution < -0.4 is 0 Å². The molecule has 0 aromatic heterocycles. The molecule has 17 heavy (non-hydrogen) atoms. The average Bonchev–Trinajstić information content (AvgIpc) is 3.11. The van der Waals surface area contributed by atoms with Crippen LogP contribution in [0.25, 0.3) is 0 Å². The van der Waals surface area contributed by atoms with Crippen LogP contribution in [0.3, 0.4) is 0 Å². The van der Waals surface area contributed by atoms with Gasteiger partial charge < -0.3 is 9.64 Å². The van der Waals surface area contributed by atoms with Gasteiger partial charge in [-0.25, -0.2) is 4.39 Å². The Bertz CT molecular complexity index is 326. The molecule has 2 nitrogen and oxygen atoms in total. The molecule has 96 valence electrons. The summed E-state index contributed by atoms with van der Waals surface area (Å²) in [7, 11) is 0. The standard InChI is InChI=1S/C13H19ClFNO/c1-2-11(15)12(4-3-7-14)16-8-5-13(6-9-16)10-17-13/h3-4H,2,5-10H2,1H3/b4-3-,12-11-. The zero-order valence-electron chi connectivity index (χ0n) is 10.2. The number of hydrogen-bond acceptors (Lipinski definition) is 2. The van der Waals surface area contributed by atoms with Gasteiger partial charge in [0.05, 0.1) is 17.9 Å². The Morgan fingerprint density at radius 2 is 2.12 bits per heavy atom. The quantitative estimate of drug-likeness (QED) is 0.438. The van der Waals surface area contributed by atoms with Gasteiger partial charge in [0.25, 0.3) is 0 Å². The Hall–Kier alpha value is -0.540. The van der Waals surface area contributed by atoms with Gasteiger partial charge in [0.1, 0.15) is 5.83 Å². The van der Waals surface area contributed by atoms with E-state index in [1.807, 2.05) is 6.92 Å². The van der Waals surface area contributed by atoms with Gasteiger partial charge >= 0.3 is 0 Å². The molecule has 0 atom stereocenters. The third-order valence-corrected chi connectivity index (χ3v) is 3.70. The van der Waals surface area contributed by atoms with Crippen LogP contribution in [0.4, 0.5) is 4.39 Å². The summed E-state index contributed by atoms with van der Waals surface area (Å²) >= 11 is 5.62. The van der Waals surface area contributed by atoms with Gasteiger partial charge in [-0.2, -0.15) is 0 Å². The van der Waals surface area contributed by atoms with E-state index in [2.05, 4.69) is 4.90 Å². The third-order valence-electron chi connectivity index (χ3n) is 3.52. The Labute approximate surface area is 107 Å². The molecular weight excluding hydrogens is 241 g/mol. The lowest BCUT2D eigenvalue weighted by molar-refractivity contribution is 0.173. The van der Waals surface area contributed by atoms with Gasteiger partial charge in [-0.3, -0.25) is 0 Å². The van der Waals surface area contributed by atoms with Crippen molar-refractivity contribution in [2.45, 2.75) is 31.8 Å². The molecule has 0 aromatic rings. The summed E-state index contributed by atoms with van der Waals surface area (Å²) in [6, 6.07) is 0. The van der Waals surface area contributed by atoms with Crippen molar-refractivity contribution in [2.75, 3.05) is 25.6 Å². The molecule has 0 unspecified atom stereocenters. The van der Waals surface area contributed by atoms with E-state index >= 15 is 0 Å². The second kappa shape index (κ2) is 5.40. The first-order valence-corrected chi connectivity index (χ1v) is 6.74. The van der Waals surface area contributed by atoms with E-state index in [4.69, 9.17) is 16.3 Å². The zero-order valence-corrected chi connectivity index (χ0v) is 11.0. The largest absolute Gasteiger partial charge is 0.369 e. The topological polar surface area (TPSA) is 15.8 Å². The van der Waals surface area contributed by atoms with Crippen LogP contribution in [-0.2, 0) is 4.74 Å². The van der Waals surface area contributed by atoms with Crippen LogP contribution in [0.1, 0.15) is 26.2 Å². The molecular formula is C13H19ClFNO. The Balaban J connectivity index is 2.03. The second-order valence-electron chi connectivity index (χ2n) is 4.66. The number of ether oxygens (including phenoxy) is 1. The van der Waals surface area contributed by atoms with Crippen LogP contribution in [0.15, 0.2) is 23.7 Å². The number of alkyl halides is 1. The normalized spacial score (nSPS) is 24.3. The van der Waals surface area contributed by atoms with Gasteiger partial charge in [0.15, 0.2) is 0 Å². The molecule has 2 rings (SSSR count). The van der Waals surface area contributed by atoms with E-state index in [0.717, 1.165) is 32.5 Å². The molecule has 0 aromatic carbocycles. The van der Waals surface area contributed by atoms with Gasteiger partial charge in [-0.05, 0) is 25.3 Å². The van der Waals surface area contributed by atoms with E-state index in [1.165, 1.54) is 0 Å². The molecule has 2 aliphatic rings. The first-order chi connectivity index (χ1) is 8.21. The SMILES string of the molecule is CC/C(F)=C(\C=C/CCl)N1CCC2(CC1)CO2. The molecule has 2 heterocycles. The van der Waals surface area contributed by atoms with E-state index in [9.17, 15) is 4.39 Å². The fourth-order valence-corrected chi connectivity index (χ4v) is 2.34. The minimum Gasteiger partial charge on any atom is -0.369 e. The monoisotopic (exact) mass is 259 g/mol. The van der Waals surface area contributed by atoms with Gasteiger partial charge in [0.2, 0.25) is 0 Å². The fraction of sp³-hybridized carbons (Fsp3) is 0.692. The molecule has 0 N–H and O–H groups in total. The molecule has 0 bridgehead atoms. The number of likely N-dealkylation sites (tertiary alicyclic amines) is 1. The van der Waals surface area contributed by atoms with Crippen LogP contribution in [-0.4, -0.2) is 36.1 Å². The van der Waals surface area contributed by atoms with Crippen molar-refractivity contribution in [1.82, 2.24) is 4.90 Å². The summed E-state index contributed by atoms with van der Waals surface area (Å²) in [6.45, 7) is 4.46. The van der Waals surface area contributed by atoms with Crippen molar-refractivity contribution in [3.63, 3.8) is 0 Å². The highest BCUT2D eigenvalue weighted by molar-refractivity contribution is 6.18. The summed E-state index contributed by atoms with van der Waals surface area (Å²) in [5.41, 5.74) is 0.837. The third kappa shape index (κ3) is 3.02. The van der Waals surface area contributed by atoms with Gasteiger partial charge in [-0.1, -0.05) is 13.0 Å². The minimum atomic E-state index is -0.0565. The highest BCUT2D eigenvalue weighted by Crippen LogP contribution is 2.39. The zero-order chi connectivity index (χ0) is 12.3. The Kier molecular flexibility index (Phi) is 4.10.